The Kier molecular flexibility index (Phi) is 6.36. The van der Waals surface area contributed by atoms with Crippen LogP contribution in [0.2, 0.25) is 0 Å². The minimum absolute atomic E-state index is 0.132. The van der Waals surface area contributed by atoms with E-state index in [1.807, 2.05) is 11.5 Å². The second-order valence-corrected chi connectivity index (χ2v) is 10.5. The number of aromatic nitrogens is 2. The van der Waals surface area contributed by atoms with Crippen molar-refractivity contribution < 1.29 is 32.3 Å². The Morgan fingerprint density at radius 3 is 2.56 bits per heavy atom. The number of amides is 3. The summed E-state index contributed by atoms with van der Waals surface area (Å²) in [6.07, 6.45) is 0. The van der Waals surface area contributed by atoms with E-state index in [1.165, 1.54) is 16.4 Å². The third-order valence-corrected chi connectivity index (χ3v) is 7.71. The molecule has 2 fully saturated rings. The summed E-state index contributed by atoms with van der Waals surface area (Å²) in [5, 5.41) is 2.50. The van der Waals surface area contributed by atoms with Crippen LogP contribution in [-0.4, -0.2) is 83.5 Å². The summed E-state index contributed by atoms with van der Waals surface area (Å²) in [4.78, 5) is 42.0. The summed E-state index contributed by atoms with van der Waals surface area (Å²) < 4.78 is 39.7. The highest BCUT2D eigenvalue weighted by molar-refractivity contribution is 7.89. The number of benzene rings is 1. The van der Waals surface area contributed by atoms with Gasteiger partial charge in [-0.2, -0.15) is 4.31 Å². The molecule has 4 rings (SSSR count). The SMILES string of the molecule is CCn1c(COC(=O)CN2C(=O)NC(C)(C)C2=O)nc2cc(S(=O)(=O)N3CCOCC3)ccc21. The molecule has 0 unspecified atom stereocenters. The summed E-state index contributed by atoms with van der Waals surface area (Å²) in [6, 6.07) is 4.07. The van der Waals surface area contributed by atoms with Crippen LogP contribution >= 0.6 is 0 Å². The van der Waals surface area contributed by atoms with E-state index in [9.17, 15) is 22.8 Å². The van der Waals surface area contributed by atoms with Crippen LogP contribution in [0.1, 0.15) is 26.6 Å². The molecule has 0 atom stereocenters. The molecular weight excluding hydrogens is 466 g/mol. The van der Waals surface area contributed by atoms with Crippen LogP contribution < -0.4 is 5.32 Å². The average molecular weight is 494 g/mol. The van der Waals surface area contributed by atoms with Crippen molar-refractivity contribution in [2.45, 2.75) is 44.4 Å². The number of sulfonamides is 1. The standard InChI is InChI=1S/C21H27N5O7S/c1-4-25-16-6-5-14(34(30,31)24-7-9-32-10-8-24)11-15(16)22-17(25)13-33-18(27)12-26-19(28)21(2,3)23-20(26)29/h5-6,11H,4,7-10,12-13H2,1-3H3,(H,23,29). The number of morpholine rings is 1. The van der Waals surface area contributed by atoms with Gasteiger partial charge in [0.2, 0.25) is 10.0 Å². The average Bonchev–Trinajstić information content (AvgIpc) is 3.26. The molecule has 1 aromatic carbocycles. The number of nitrogens with one attached hydrogen (secondary N) is 1. The number of nitrogens with zero attached hydrogens (tertiary/aromatic N) is 4. The van der Waals surface area contributed by atoms with Gasteiger partial charge >= 0.3 is 12.0 Å². The molecule has 13 heteroatoms. The number of fused-ring (bicyclic) bond motifs is 1. The fraction of sp³-hybridized carbons (Fsp3) is 0.524. The number of imidazole rings is 1. The Balaban J connectivity index is 1.50. The molecular formula is C21H27N5O7S. The lowest BCUT2D eigenvalue weighted by atomic mass is 10.1. The lowest BCUT2D eigenvalue weighted by Gasteiger charge is -2.26. The molecule has 0 aliphatic carbocycles. The fourth-order valence-electron chi connectivity index (χ4n) is 4.00. The molecule has 1 aromatic heterocycles. The molecule has 12 nitrogen and oxygen atoms in total. The van der Waals surface area contributed by atoms with Crippen molar-refractivity contribution in [1.82, 2.24) is 24.1 Å². The van der Waals surface area contributed by atoms with Crippen molar-refractivity contribution in [3.05, 3.63) is 24.0 Å². The number of hydrogen-bond donors (Lipinski definition) is 1. The van der Waals surface area contributed by atoms with E-state index in [0.717, 1.165) is 4.90 Å². The van der Waals surface area contributed by atoms with Crippen molar-refractivity contribution in [3.8, 4) is 0 Å². The third kappa shape index (κ3) is 4.38. The highest BCUT2D eigenvalue weighted by Crippen LogP contribution is 2.24. The van der Waals surface area contributed by atoms with Gasteiger partial charge in [-0.1, -0.05) is 0 Å². The topological polar surface area (TPSA) is 140 Å². The molecule has 3 amide bonds. The van der Waals surface area contributed by atoms with Crippen LogP contribution in [0.3, 0.4) is 0 Å². The van der Waals surface area contributed by atoms with Gasteiger partial charge in [0, 0.05) is 19.6 Å². The van der Waals surface area contributed by atoms with E-state index >= 15 is 0 Å². The zero-order chi connectivity index (χ0) is 24.7. The van der Waals surface area contributed by atoms with Gasteiger partial charge in [-0.25, -0.2) is 18.2 Å². The van der Waals surface area contributed by atoms with Crippen molar-refractivity contribution in [3.63, 3.8) is 0 Å². The number of imide groups is 1. The maximum Gasteiger partial charge on any atom is 0.326 e. The lowest BCUT2D eigenvalue weighted by Crippen LogP contribution is -2.41. The Morgan fingerprint density at radius 2 is 1.94 bits per heavy atom. The number of hydrogen-bond acceptors (Lipinski definition) is 8. The largest absolute Gasteiger partial charge is 0.456 e. The van der Waals surface area contributed by atoms with E-state index in [0.29, 0.717) is 49.7 Å². The Hall–Kier alpha value is -3.03. The predicted octanol–water partition coefficient (Wildman–Crippen LogP) is 0.451. The summed E-state index contributed by atoms with van der Waals surface area (Å²) in [5.41, 5.74) is 0.0794. The van der Waals surface area contributed by atoms with Crippen molar-refractivity contribution >= 4 is 39.0 Å². The van der Waals surface area contributed by atoms with Crippen LogP contribution in [0, 0.1) is 0 Å². The van der Waals surface area contributed by atoms with E-state index < -0.39 is 40.0 Å². The first-order chi connectivity index (χ1) is 16.0. The van der Waals surface area contributed by atoms with Crippen LogP contribution in [0.15, 0.2) is 23.1 Å². The van der Waals surface area contributed by atoms with Crippen molar-refractivity contribution in [2.75, 3.05) is 32.8 Å². The predicted molar refractivity (Wildman–Crippen MR) is 119 cm³/mol. The number of rotatable bonds is 7. The molecule has 2 aliphatic heterocycles. The number of carbonyl (C=O) groups excluding carboxylic acids is 3. The zero-order valence-corrected chi connectivity index (χ0v) is 20.1. The van der Waals surface area contributed by atoms with Crippen molar-refractivity contribution in [2.24, 2.45) is 0 Å². The minimum atomic E-state index is -3.68. The van der Waals surface area contributed by atoms with E-state index in [1.54, 1.807) is 19.9 Å². The second kappa shape index (κ2) is 8.96. The first-order valence-corrected chi connectivity index (χ1v) is 12.4. The number of aryl methyl sites for hydroxylation is 1. The quantitative estimate of drug-likeness (QED) is 0.433. The van der Waals surface area contributed by atoms with Gasteiger partial charge in [-0.05, 0) is 39.0 Å². The molecule has 1 N–H and O–H groups in total. The van der Waals surface area contributed by atoms with Gasteiger partial charge in [-0.15, -0.1) is 0 Å². The second-order valence-electron chi connectivity index (χ2n) is 8.55. The third-order valence-electron chi connectivity index (χ3n) is 5.82. The van der Waals surface area contributed by atoms with Gasteiger partial charge in [0.05, 0.1) is 29.1 Å². The maximum absolute atomic E-state index is 13.0. The summed E-state index contributed by atoms with van der Waals surface area (Å²) >= 11 is 0. The van der Waals surface area contributed by atoms with Gasteiger partial charge < -0.3 is 19.4 Å². The number of ether oxygens (including phenoxy) is 2. The van der Waals surface area contributed by atoms with Crippen LogP contribution in [-0.2, 0) is 42.2 Å². The highest BCUT2D eigenvalue weighted by atomic mass is 32.2. The number of urea groups is 1. The Labute approximate surface area is 196 Å². The van der Waals surface area contributed by atoms with Gasteiger partial charge in [0.15, 0.2) is 0 Å². The molecule has 0 bridgehead atoms. The molecule has 3 heterocycles. The molecule has 2 saturated heterocycles. The van der Waals surface area contributed by atoms with Gasteiger partial charge in [-0.3, -0.25) is 14.5 Å². The monoisotopic (exact) mass is 493 g/mol. The summed E-state index contributed by atoms with van der Waals surface area (Å²) in [5.74, 6) is -0.847. The smallest absolute Gasteiger partial charge is 0.326 e. The molecule has 184 valence electrons. The van der Waals surface area contributed by atoms with E-state index in [2.05, 4.69) is 10.3 Å². The summed E-state index contributed by atoms with van der Waals surface area (Å²) in [6.45, 7) is 6.08. The molecule has 0 radical (unpaired) electrons. The van der Waals surface area contributed by atoms with E-state index in [4.69, 9.17) is 9.47 Å². The fourth-order valence-corrected chi connectivity index (χ4v) is 5.43. The van der Waals surface area contributed by atoms with Gasteiger partial charge in [0.25, 0.3) is 5.91 Å². The molecule has 34 heavy (non-hydrogen) atoms. The first-order valence-electron chi connectivity index (χ1n) is 10.9. The number of carbonyl (C=O) groups is 3. The molecule has 0 saturated carbocycles. The lowest BCUT2D eigenvalue weighted by molar-refractivity contribution is -0.148. The minimum Gasteiger partial charge on any atom is -0.456 e. The zero-order valence-electron chi connectivity index (χ0n) is 19.2. The van der Waals surface area contributed by atoms with E-state index in [-0.39, 0.29) is 11.5 Å². The van der Waals surface area contributed by atoms with Crippen LogP contribution in [0.5, 0.6) is 0 Å². The summed E-state index contributed by atoms with van der Waals surface area (Å²) in [7, 11) is -3.68. The first kappa shape index (κ1) is 24.1. The number of esters is 1. The molecule has 2 aliphatic rings. The van der Waals surface area contributed by atoms with Crippen LogP contribution in [0.4, 0.5) is 4.79 Å². The maximum atomic E-state index is 13.0. The molecule has 0 spiro atoms. The van der Waals surface area contributed by atoms with Gasteiger partial charge in [0.1, 0.15) is 24.5 Å². The van der Waals surface area contributed by atoms with Crippen LogP contribution in [0.25, 0.3) is 11.0 Å². The Morgan fingerprint density at radius 1 is 1.24 bits per heavy atom. The molecule has 2 aromatic rings. The Bertz CT molecular complexity index is 1250. The highest BCUT2D eigenvalue weighted by Gasteiger charge is 2.45. The normalized spacial score (nSPS) is 19.0. The van der Waals surface area contributed by atoms with Crippen molar-refractivity contribution in [1.29, 1.82) is 0 Å².